The number of benzene rings is 2. The minimum Gasteiger partial charge on any atom is -0.299 e. The van der Waals surface area contributed by atoms with Crippen molar-refractivity contribution in [1.82, 2.24) is 0 Å². The summed E-state index contributed by atoms with van der Waals surface area (Å²) in [7, 11) is 0. The number of rotatable bonds is 2. The summed E-state index contributed by atoms with van der Waals surface area (Å²) in [5.41, 5.74) is -7.08. The molecule has 0 fully saturated rings. The first-order chi connectivity index (χ1) is 11.6. The summed E-state index contributed by atoms with van der Waals surface area (Å²) in [6.07, 6.45) is -11.7. The molecule has 132 valence electrons. The second kappa shape index (κ2) is 5.55. The third-order valence-corrected chi connectivity index (χ3v) is 3.73. The fourth-order valence-electron chi connectivity index (χ4n) is 2.51. The van der Waals surface area contributed by atoms with Gasteiger partial charge < -0.3 is 0 Å². The molecule has 0 atom stereocenters. The molecule has 0 bridgehead atoms. The fraction of sp³-hybridized carbons (Fsp3) is 0.250. The first-order valence-corrected chi connectivity index (χ1v) is 7.01. The topological polar surface area (TPSA) is 34.0 Å². The summed E-state index contributed by atoms with van der Waals surface area (Å²) < 4.78 is 84.4. The molecule has 25 heavy (non-hydrogen) atoms. The first kappa shape index (κ1) is 17.4. The third kappa shape index (κ3) is 2.58. The van der Waals surface area contributed by atoms with E-state index in [9.17, 15) is 26.3 Å². The maximum Gasteiger partial charge on any atom is 0.450 e. The molecule has 1 aliphatic heterocycles. The van der Waals surface area contributed by atoms with Crippen molar-refractivity contribution in [2.75, 3.05) is 0 Å². The van der Waals surface area contributed by atoms with Gasteiger partial charge >= 0.3 is 18.1 Å². The Morgan fingerprint density at radius 3 is 1.36 bits per heavy atom. The van der Waals surface area contributed by atoms with E-state index in [0.29, 0.717) is 0 Å². The van der Waals surface area contributed by atoms with Crippen LogP contribution in [0.25, 0.3) is 0 Å². The van der Waals surface area contributed by atoms with E-state index in [0.717, 1.165) is 0 Å². The van der Waals surface area contributed by atoms with E-state index in [1.165, 1.54) is 48.5 Å². The summed E-state index contributed by atoms with van der Waals surface area (Å²) in [6.45, 7) is 0. The quantitative estimate of drug-likeness (QED) is 0.679. The van der Waals surface area contributed by atoms with Crippen LogP contribution in [0.1, 0.15) is 11.1 Å². The van der Waals surface area contributed by atoms with Gasteiger partial charge in [0.15, 0.2) is 0 Å². The smallest absolute Gasteiger partial charge is 0.299 e. The zero-order valence-corrected chi connectivity index (χ0v) is 12.3. The maximum absolute atomic E-state index is 13.3. The van der Waals surface area contributed by atoms with Gasteiger partial charge in [-0.15, -0.1) is 10.2 Å². The predicted octanol–water partition coefficient (Wildman–Crippen LogP) is 5.19. The second-order valence-electron chi connectivity index (χ2n) is 5.32. The number of azo groups is 1. The van der Waals surface area contributed by atoms with Gasteiger partial charge in [-0.1, -0.05) is 60.7 Å². The lowest BCUT2D eigenvalue weighted by molar-refractivity contribution is -0.385. The molecule has 3 rings (SSSR count). The molecular formula is C16H10F6N2O. The summed E-state index contributed by atoms with van der Waals surface area (Å²) >= 11 is 0. The van der Waals surface area contributed by atoms with Crippen molar-refractivity contribution >= 4 is 0 Å². The molecule has 9 heteroatoms. The van der Waals surface area contributed by atoms with Gasteiger partial charge in [-0.3, -0.25) is 4.74 Å². The number of alkyl halides is 6. The second-order valence-corrected chi connectivity index (χ2v) is 5.32. The highest BCUT2D eigenvalue weighted by Crippen LogP contribution is 2.56. The van der Waals surface area contributed by atoms with E-state index in [4.69, 9.17) is 0 Å². The molecule has 0 unspecified atom stereocenters. The fourth-order valence-corrected chi connectivity index (χ4v) is 2.51. The van der Waals surface area contributed by atoms with Crippen LogP contribution in [0.5, 0.6) is 0 Å². The Bertz CT molecular complexity index is 717. The van der Waals surface area contributed by atoms with Crippen LogP contribution in [0.3, 0.4) is 0 Å². The third-order valence-electron chi connectivity index (χ3n) is 3.73. The average Bonchev–Trinajstić information content (AvgIpc) is 3.00. The van der Waals surface area contributed by atoms with Gasteiger partial charge in [0.05, 0.1) is 0 Å². The molecule has 0 saturated carbocycles. The van der Waals surface area contributed by atoms with Crippen molar-refractivity contribution in [3.8, 4) is 0 Å². The van der Waals surface area contributed by atoms with Crippen LogP contribution in [-0.2, 0) is 10.5 Å². The highest BCUT2D eigenvalue weighted by molar-refractivity contribution is 5.37. The lowest BCUT2D eigenvalue weighted by atomic mass is 9.94. The Hall–Kier alpha value is -2.42. The molecule has 0 radical (unpaired) electrons. The van der Waals surface area contributed by atoms with Crippen LogP contribution >= 0.6 is 0 Å². The molecule has 2 aromatic carbocycles. The summed E-state index contributed by atoms with van der Waals surface area (Å²) in [5, 5.41) is 5.93. The van der Waals surface area contributed by atoms with Crippen LogP contribution in [0.4, 0.5) is 26.3 Å². The molecular weight excluding hydrogens is 350 g/mol. The van der Waals surface area contributed by atoms with E-state index >= 15 is 0 Å². The Labute approximate surface area is 137 Å². The van der Waals surface area contributed by atoms with Gasteiger partial charge in [-0.05, 0) is 0 Å². The molecule has 1 heterocycles. The summed E-state index contributed by atoms with van der Waals surface area (Å²) in [6, 6.07) is 14.3. The Morgan fingerprint density at radius 1 is 0.640 bits per heavy atom. The highest BCUT2D eigenvalue weighted by atomic mass is 19.4. The van der Waals surface area contributed by atoms with Crippen molar-refractivity contribution in [3.63, 3.8) is 0 Å². The van der Waals surface area contributed by atoms with Crippen molar-refractivity contribution in [2.45, 2.75) is 23.8 Å². The highest BCUT2D eigenvalue weighted by Gasteiger charge is 2.78. The lowest BCUT2D eigenvalue weighted by Crippen LogP contribution is -2.57. The van der Waals surface area contributed by atoms with Crippen molar-refractivity contribution in [2.24, 2.45) is 10.2 Å². The predicted molar refractivity (Wildman–Crippen MR) is 74.4 cm³/mol. The van der Waals surface area contributed by atoms with Crippen LogP contribution in [0.15, 0.2) is 70.9 Å². The minimum absolute atomic E-state index is 0.000301. The number of hydrogen-bond donors (Lipinski definition) is 0. The number of nitrogens with zero attached hydrogens (tertiary/aromatic N) is 2. The monoisotopic (exact) mass is 360 g/mol. The molecule has 0 saturated heterocycles. The van der Waals surface area contributed by atoms with Crippen LogP contribution < -0.4 is 0 Å². The molecule has 0 aromatic heterocycles. The van der Waals surface area contributed by atoms with Gasteiger partial charge in [0.2, 0.25) is 5.72 Å². The van der Waals surface area contributed by atoms with Gasteiger partial charge in [-0.25, -0.2) is 0 Å². The van der Waals surface area contributed by atoms with Crippen LogP contribution in [-0.4, -0.2) is 18.1 Å². The largest absolute Gasteiger partial charge is 0.450 e. The molecule has 0 N–H and O–H groups in total. The number of hydrogen-bond acceptors (Lipinski definition) is 3. The van der Waals surface area contributed by atoms with E-state index in [2.05, 4.69) is 15.0 Å². The van der Waals surface area contributed by atoms with Gasteiger partial charge in [0.25, 0.3) is 0 Å². The summed E-state index contributed by atoms with van der Waals surface area (Å²) in [5.74, 6) is 0. The van der Waals surface area contributed by atoms with E-state index in [1.807, 2.05) is 0 Å². The SMILES string of the molecule is FC(F)(F)C1(C(F)(F)F)N=NC(c2ccccc2)(c2ccccc2)O1. The van der Waals surface area contributed by atoms with Gasteiger partial charge in [-0.2, -0.15) is 26.3 Å². The van der Waals surface area contributed by atoms with Crippen molar-refractivity contribution in [1.29, 1.82) is 0 Å². The van der Waals surface area contributed by atoms with Crippen LogP contribution in [0, 0.1) is 0 Å². The Kier molecular flexibility index (Phi) is 3.86. The number of ether oxygens (including phenoxy) is 1. The zero-order valence-electron chi connectivity index (χ0n) is 12.3. The molecule has 2 aromatic rings. The van der Waals surface area contributed by atoms with E-state index < -0.39 is 23.8 Å². The summed E-state index contributed by atoms with van der Waals surface area (Å²) in [4.78, 5) is 0. The van der Waals surface area contributed by atoms with Crippen LogP contribution in [0.2, 0.25) is 0 Å². The lowest BCUT2D eigenvalue weighted by Gasteiger charge is -2.34. The first-order valence-electron chi connectivity index (χ1n) is 7.01. The number of halogens is 6. The normalized spacial score (nSPS) is 19.1. The van der Waals surface area contributed by atoms with E-state index in [1.54, 1.807) is 12.1 Å². The Balaban J connectivity index is 2.23. The zero-order chi connectivity index (χ0) is 18.3. The molecule has 0 amide bonds. The molecule has 1 aliphatic rings. The molecule has 0 spiro atoms. The van der Waals surface area contributed by atoms with Gasteiger partial charge in [0.1, 0.15) is 0 Å². The minimum atomic E-state index is -5.83. The maximum atomic E-state index is 13.3. The standard InChI is InChI=1S/C16H10F6N2O/c17-15(18,19)14(16(20,21)22)24-23-13(25-14,11-7-3-1-4-8-11)12-9-5-2-6-10-12/h1-10H. The van der Waals surface area contributed by atoms with Crippen molar-refractivity contribution < 1.29 is 31.1 Å². The van der Waals surface area contributed by atoms with Gasteiger partial charge in [0, 0.05) is 11.1 Å². The molecule has 0 aliphatic carbocycles. The van der Waals surface area contributed by atoms with E-state index in [-0.39, 0.29) is 11.1 Å². The average molecular weight is 360 g/mol. The Morgan fingerprint density at radius 2 is 1.04 bits per heavy atom. The molecule has 3 nitrogen and oxygen atoms in total. The van der Waals surface area contributed by atoms with Crippen molar-refractivity contribution in [3.05, 3.63) is 71.8 Å².